The van der Waals surface area contributed by atoms with Crippen molar-refractivity contribution >= 4 is 43.4 Å². The fourth-order valence-electron chi connectivity index (χ4n) is 6.02. The summed E-state index contributed by atoms with van der Waals surface area (Å²) in [6, 6.07) is 42.5. The van der Waals surface area contributed by atoms with Gasteiger partial charge in [0, 0.05) is 16.5 Å². The van der Waals surface area contributed by atoms with Crippen molar-refractivity contribution in [2.75, 3.05) is 0 Å². The summed E-state index contributed by atoms with van der Waals surface area (Å²) in [6.07, 6.45) is 0.989. The normalized spacial score (nSPS) is 12.6. The van der Waals surface area contributed by atoms with E-state index in [1.54, 1.807) is 0 Å². The van der Waals surface area contributed by atoms with Gasteiger partial charge < -0.3 is 4.57 Å². The Balaban J connectivity index is 1.53. The van der Waals surface area contributed by atoms with Gasteiger partial charge in [-0.2, -0.15) is 0 Å². The van der Waals surface area contributed by atoms with E-state index in [1.807, 2.05) is 0 Å². The third-order valence-electron chi connectivity index (χ3n) is 7.54. The molecule has 0 fully saturated rings. The molecular weight excluding hydrogens is 410 g/mol. The molecule has 0 saturated carbocycles. The lowest BCUT2D eigenvalue weighted by atomic mass is 9.98. The summed E-state index contributed by atoms with van der Waals surface area (Å²) in [7, 11) is 0. The number of hydrogen-bond acceptors (Lipinski definition) is 0. The van der Waals surface area contributed by atoms with Crippen LogP contribution in [0.2, 0.25) is 0 Å². The number of benzene rings is 6. The SMILES string of the molecule is c1ccc(-n2c3cc4c(cc3c3c5ccccc5ccc32)-c2cc3ccccc3cc2C4)cc1. The van der Waals surface area contributed by atoms with Crippen LogP contribution >= 0.6 is 0 Å². The van der Waals surface area contributed by atoms with Gasteiger partial charge in [0.15, 0.2) is 0 Å². The van der Waals surface area contributed by atoms with Crippen molar-refractivity contribution in [3.8, 4) is 16.8 Å². The van der Waals surface area contributed by atoms with Crippen LogP contribution in [0.15, 0.2) is 115 Å². The summed E-state index contributed by atoms with van der Waals surface area (Å²) >= 11 is 0. The van der Waals surface area contributed by atoms with Gasteiger partial charge in [0.25, 0.3) is 0 Å². The van der Waals surface area contributed by atoms with Crippen molar-refractivity contribution in [2.24, 2.45) is 0 Å². The average molecular weight is 432 g/mol. The lowest BCUT2D eigenvalue weighted by Gasteiger charge is -2.09. The summed E-state index contributed by atoms with van der Waals surface area (Å²) in [6.45, 7) is 0. The summed E-state index contributed by atoms with van der Waals surface area (Å²) < 4.78 is 2.44. The zero-order chi connectivity index (χ0) is 22.2. The van der Waals surface area contributed by atoms with Gasteiger partial charge in [0.05, 0.1) is 11.0 Å². The first-order valence-corrected chi connectivity index (χ1v) is 11.9. The Labute approximate surface area is 197 Å². The van der Waals surface area contributed by atoms with Crippen molar-refractivity contribution in [1.29, 1.82) is 0 Å². The molecule has 1 aliphatic carbocycles. The van der Waals surface area contributed by atoms with Gasteiger partial charge in [0.1, 0.15) is 0 Å². The van der Waals surface area contributed by atoms with Crippen molar-refractivity contribution in [2.45, 2.75) is 6.42 Å². The van der Waals surface area contributed by atoms with E-state index in [2.05, 4.69) is 120 Å². The molecule has 0 N–H and O–H groups in total. The number of aromatic nitrogens is 1. The maximum atomic E-state index is 2.46. The van der Waals surface area contributed by atoms with Crippen molar-refractivity contribution < 1.29 is 0 Å². The summed E-state index contributed by atoms with van der Waals surface area (Å²) in [4.78, 5) is 0. The van der Waals surface area contributed by atoms with Crippen molar-refractivity contribution in [3.05, 3.63) is 126 Å². The third-order valence-corrected chi connectivity index (χ3v) is 7.54. The highest BCUT2D eigenvalue weighted by atomic mass is 15.0. The highest BCUT2D eigenvalue weighted by Gasteiger charge is 2.23. The van der Waals surface area contributed by atoms with Crippen LogP contribution in [0.25, 0.3) is 60.2 Å². The topological polar surface area (TPSA) is 4.93 Å². The van der Waals surface area contributed by atoms with Crippen LogP contribution in [-0.2, 0) is 6.42 Å². The smallest absolute Gasteiger partial charge is 0.0547 e. The van der Waals surface area contributed by atoms with E-state index in [1.165, 1.54) is 71.3 Å². The maximum Gasteiger partial charge on any atom is 0.0547 e. The largest absolute Gasteiger partial charge is 0.309 e. The van der Waals surface area contributed by atoms with Gasteiger partial charge >= 0.3 is 0 Å². The number of nitrogens with zero attached hydrogens (tertiary/aromatic N) is 1. The fraction of sp³-hybridized carbons (Fsp3) is 0.0303. The molecular formula is C33H21N. The Morgan fingerprint density at radius 3 is 2.00 bits per heavy atom. The van der Waals surface area contributed by atoms with Gasteiger partial charge in [-0.05, 0) is 86.6 Å². The molecule has 1 aliphatic rings. The summed E-state index contributed by atoms with van der Waals surface area (Å²) in [5.74, 6) is 0. The molecule has 0 spiro atoms. The molecule has 1 heteroatoms. The van der Waals surface area contributed by atoms with Gasteiger partial charge in [-0.25, -0.2) is 0 Å². The summed E-state index contributed by atoms with van der Waals surface area (Å²) in [5.41, 5.74) is 9.38. The van der Waals surface area contributed by atoms with Crippen LogP contribution in [-0.4, -0.2) is 4.57 Å². The molecule has 7 aromatic rings. The van der Waals surface area contributed by atoms with E-state index in [0.717, 1.165) is 6.42 Å². The Hall–Kier alpha value is -4.36. The molecule has 0 amide bonds. The second kappa shape index (κ2) is 6.59. The van der Waals surface area contributed by atoms with Gasteiger partial charge in [0.2, 0.25) is 0 Å². The Morgan fingerprint density at radius 1 is 0.471 bits per heavy atom. The first-order valence-electron chi connectivity index (χ1n) is 11.9. The molecule has 1 aromatic heterocycles. The molecule has 34 heavy (non-hydrogen) atoms. The van der Waals surface area contributed by atoms with Gasteiger partial charge in [-0.15, -0.1) is 0 Å². The Kier molecular flexibility index (Phi) is 3.51. The van der Waals surface area contributed by atoms with Crippen LogP contribution in [0, 0.1) is 0 Å². The maximum absolute atomic E-state index is 2.46. The second-order valence-corrected chi connectivity index (χ2v) is 9.41. The Bertz CT molecular complexity index is 1920. The zero-order valence-electron chi connectivity index (χ0n) is 18.6. The molecule has 6 aromatic carbocycles. The van der Waals surface area contributed by atoms with Gasteiger partial charge in [-0.3, -0.25) is 0 Å². The molecule has 1 heterocycles. The Morgan fingerprint density at radius 2 is 1.15 bits per heavy atom. The molecule has 0 bridgehead atoms. The number of hydrogen-bond donors (Lipinski definition) is 0. The molecule has 0 aliphatic heterocycles. The first kappa shape index (κ1) is 18.1. The number of rotatable bonds is 1. The monoisotopic (exact) mass is 431 g/mol. The molecule has 8 rings (SSSR count). The minimum Gasteiger partial charge on any atom is -0.309 e. The predicted octanol–water partition coefficient (Wildman–Crippen LogP) is 8.66. The van der Waals surface area contributed by atoms with E-state index < -0.39 is 0 Å². The van der Waals surface area contributed by atoms with E-state index in [0.29, 0.717) is 0 Å². The zero-order valence-corrected chi connectivity index (χ0v) is 18.6. The predicted molar refractivity (Wildman–Crippen MR) is 144 cm³/mol. The minimum atomic E-state index is 0.989. The lowest BCUT2D eigenvalue weighted by Crippen LogP contribution is -1.93. The summed E-state index contributed by atoms with van der Waals surface area (Å²) in [5, 5.41) is 7.91. The van der Waals surface area contributed by atoms with E-state index in [-0.39, 0.29) is 0 Å². The van der Waals surface area contributed by atoms with Crippen molar-refractivity contribution in [1.82, 2.24) is 4.57 Å². The van der Waals surface area contributed by atoms with E-state index >= 15 is 0 Å². The van der Waals surface area contributed by atoms with E-state index in [4.69, 9.17) is 0 Å². The molecule has 0 unspecified atom stereocenters. The standard InChI is InChI=1S/C33H21N/c1-2-11-26(12-3-1)34-31-15-14-21-8-6-7-13-27(21)33(31)30-20-29-25(19-32(30)34)17-24-16-22-9-4-5-10-23(22)18-28(24)29/h1-16,18-20H,17H2. The van der Waals surface area contributed by atoms with Crippen LogP contribution in [0.3, 0.4) is 0 Å². The third kappa shape index (κ3) is 2.39. The second-order valence-electron chi connectivity index (χ2n) is 9.41. The molecule has 158 valence electrons. The quantitative estimate of drug-likeness (QED) is 0.245. The first-order chi connectivity index (χ1) is 16.8. The highest BCUT2D eigenvalue weighted by molar-refractivity contribution is 6.22. The fourth-order valence-corrected chi connectivity index (χ4v) is 6.02. The highest BCUT2D eigenvalue weighted by Crippen LogP contribution is 2.44. The number of para-hydroxylation sites is 1. The molecule has 0 radical (unpaired) electrons. The van der Waals surface area contributed by atoms with E-state index in [9.17, 15) is 0 Å². The van der Waals surface area contributed by atoms with Crippen LogP contribution < -0.4 is 0 Å². The molecule has 0 saturated heterocycles. The van der Waals surface area contributed by atoms with Gasteiger partial charge in [-0.1, -0.05) is 78.9 Å². The van der Waals surface area contributed by atoms with Crippen LogP contribution in [0.5, 0.6) is 0 Å². The average Bonchev–Trinajstić information content (AvgIpc) is 3.40. The van der Waals surface area contributed by atoms with Crippen LogP contribution in [0.1, 0.15) is 11.1 Å². The molecule has 1 nitrogen and oxygen atoms in total. The lowest BCUT2D eigenvalue weighted by molar-refractivity contribution is 1.17. The van der Waals surface area contributed by atoms with Crippen LogP contribution in [0.4, 0.5) is 0 Å². The minimum absolute atomic E-state index is 0.989. The van der Waals surface area contributed by atoms with Crippen molar-refractivity contribution in [3.63, 3.8) is 0 Å². The number of fused-ring (bicyclic) bond motifs is 9. The molecule has 0 atom stereocenters.